The summed E-state index contributed by atoms with van der Waals surface area (Å²) in [6.45, 7) is 6.23. The Bertz CT molecular complexity index is 1340. The number of nitrogens with one attached hydrogen (secondary N) is 1. The fourth-order valence-corrected chi connectivity index (χ4v) is 5.79. The van der Waals surface area contributed by atoms with E-state index in [9.17, 15) is 30.4 Å². The lowest BCUT2D eigenvalue weighted by Gasteiger charge is -2.20. The maximum atomic E-state index is 14.1. The minimum Gasteiger partial charge on any atom is -0.347 e. The van der Waals surface area contributed by atoms with Crippen molar-refractivity contribution in [2.45, 2.75) is 64.1 Å². The number of fused-ring (bicyclic) bond motifs is 1. The second-order valence-electron chi connectivity index (χ2n) is 10.2. The number of hydrogen-bond acceptors (Lipinski definition) is 2. The molecule has 35 heavy (non-hydrogen) atoms. The molecule has 0 spiro atoms. The zero-order valence-electron chi connectivity index (χ0n) is 19.5. The molecule has 2 aromatic carbocycles. The van der Waals surface area contributed by atoms with Gasteiger partial charge in [0.25, 0.3) is 6.43 Å². The van der Waals surface area contributed by atoms with E-state index in [4.69, 9.17) is 0 Å². The molecule has 1 aliphatic rings. The summed E-state index contributed by atoms with van der Waals surface area (Å²) in [5.74, 6) is 0. The highest BCUT2D eigenvalue weighted by Crippen LogP contribution is 2.40. The summed E-state index contributed by atoms with van der Waals surface area (Å²) in [7, 11) is -3.91. The van der Waals surface area contributed by atoms with Gasteiger partial charge in [0, 0.05) is 29.2 Å². The van der Waals surface area contributed by atoms with Crippen molar-refractivity contribution in [3.63, 3.8) is 0 Å². The molecule has 1 aliphatic carbocycles. The van der Waals surface area contributed by atoms with Crippen molar-refractivity contribution in [3.05, 3.63) is 59.8 Å². The average molecular weight is 515 g/mol. The molecule has 0 saturated heterocycles. The minimum absolute atomic E-state index is 0.0215. The Morgan fingerprint density at radius 3 is 2.29 bits per heavy atom. The molecule has 190 valence electrons. The van der Waals surface area contributed by atoms with Crippen molar-refractivity contribution in [2.75, 3.05) is 0 Å². The van der Waals surface area contributed by atoms with Crippen LogP contribution < -0.4 is 4.72 Å². The number of benzene rings is 2. The van der Waals surface area contributed by atoms with Crippen LogP contribution in [0, 0.1) is 5.41 Å². The van der Waals surface area contributed by atoms with Crippen LogP contribution in [0.4, 0.5) is 22.0 Å². The predicted molar refractivity (Wildman–Crippen MR) is 126 cm³/mol. The van der Waals surface area contributed by atoms with E-state index in [1.807, 2.05) is 20.8 Å². The molecule has 0 unspecified atom stereocenters. The van der Waals surface area contributed by atoms with E-state index in [1.165, 1.54) is 36.5 Å². The summed E-state index contributed by atoms with van der Waals surface area (Å²) in [6.07, 6.45) is -5.23. The highest BCUT2D eigenvalue weighted by Gasteiger charge is 2.40. The van der Waals surface area contributed by atoms with Crippen LogP contribution in [0.3, 0.4) is 0 Å². The molecule has 0 amide bonds. The van der Waals surface area contributed by atoms with Crippen molar-refractivity contribution in [1.29, 1.82) is 0 Å². The molecule has 4 nitrogen and oxygen atoms in total. The molecule has 1 N–H and O–H groups in total. The molecule has 1 aromatic heterocycles. The van der Waals surface area contributed by atoms with Gasteiger partial charge >= 0.3 is 6.18 Å². The summed E-state index contributed by atoms with van der Waals surface area (Å²) < 4.78 is 98.0. The molecule has 0 aliphatic heterocycles. The lowest BCUT2D eigenvalue weighted by atomic mass is 9.96. The first-order valence-corrected chi connectivity index (χ1v) is 12.8. The second kappa shape index (κ2) is 8.89. The van der Waals surface area contributed by atoms with E-state index >= 15 is 0 Å². The molecule has 0 bridgehead atoms. The number of rotatable bonds is 7. The van der Waals surface area contributed by atoms with Crippen LogP contribution in [0.25, 0.3) is 22.0 Å². The van der Waals surface area contributed by atoms with Crippen molar-refractivity contribution < 1.29 is 30.4 Å². The Hall–Kier alpha value is -2.46. The standard InChI is InChI=1S/C25H27F5N2O2S/c1-24(2,3)14-32-13-19(22(23(26)27)31-35(33,34)16-9-10-16)18-11-8-15(12-21(18)32)17-6-4-5-7-20(17)25(28,29)30/h4-8,11-13,16,22-23,31H,9-10,14H2,1-3H3/t22-/m0/s1. The summed E-state index contributed by atoms with van der Waals surface area (Å²) in [6, 6.07) is 7.92. The zero-order valence-corrected chi connectivity index (χ0v) is 20.4. The van der Waals surface area contributed by atoms with E-state index in [1.54, 1.807) is 10.6 Å². The van der Waals surface area contributed by atoms with Gasteiger partial charge in [-0.25, -0.2) is 21.9 Å². The Kier molecular flexibility index (Phi) is 6.51. The average Bonchev–Trinajstić information content (AvgIpc) is 3.55. The minimum atomic E-state index is -4.56. The molecule has 1 fully saturated rings. The largest absolute Gasteiger partial charge is 0.417 e. The Morgan fingerprint density at radius 2 is 1.71 bits per heavy atom. The fourth-order valence-electron chi connectivity index (χ4n) is 4.26. The number of halogens is 5. The topological polar surface area (TPSA) is 51.1 Å². The van der Waals surface area contributed by atoms with Gasteiger partial charge in [-0.1, -0.05) is 51.1 Å². The summed E-state index contributed by atoms with van der Waals surface area (Å²) >= 11 is 0. The summed E-state index contributed by atoms with van der Waals surface area (Å²) in [5, 5.41) is -0.302. The third kappa shape index (κ3) is 5.53. The third-order valence-electron chi connectivity index (χ3n) is 5.94. The van der Waals surface area contributed by atoms with E-state index in [2.05, 4.69) is 4.72 Å². The van der Waals surface area contributed by atoms with Gasteiger partial charge in [0.1, 0.15) is 6.04 Å². The molecule has 10 heteroatoms. The quantitative estimate of drug-likeness (QED) is 0.354. The van der Waals surface area contributed by atoms with Crippen LogP contribution in [-0.2, 0) is 22.7 Å². The first kappa shape index (κ1) is 25.6. The molecule has 1 atom stereocenters. The van der Waals surface area contributed by atoms with Crippen molar-refractivity contribution >= 4 is 20.9 Å². The lowest BCUT2D eigenvalue weighted by Crippen LogP contribution is -2.35. The van der Waals surface area contributed by atoms with Gasteiger partial charge in [-0.15, -0.1) is 0 Å². The molecular formula is C25H27F5N2O2S. The van der Waals surface area contributed by atoms with Crippen LogP contribution in [-0.4, -0.2) is 24.7 Å². The maximum absolute atomic E-state index is 14.1. The predicted octanol–water partition coefficient (Wildman–Crippen LogP) is 6.76. The van der Waals surface area contributed by atoms with Crippen LogP contribution in [0.15, 0.2) is 48.7 Å². The van der Waals surface area contributed by atoms with E-state index in [-0.39, 0.29) is 22.1 Å². The highest BCUT2D eigenvalue weighted by molar-refractivity contribution is 7.90. The van der Waals surface area contributed by atoms with Gasteiger partial charge in [-0.2, -0.15) is 13.2 Å². The van der Waals surface area contributed by atoms with Gasteiger partial charge < -0.3 is 4.57 Å². The monoisotopic (exact) mass is 514 g/mol. The van der Waals surface area contributed by atoms with Crippen LogP contribution in [0.5, 0.6) is 0 Å². The molecular weight excluding hydrogens is 487 g/mol. The molecule has 1 saturated carbocycles. The van der Waals surface area contributed by atoms with E-state index in [0.29, 0.717) is 30.3 Å². The van der Waals surface area contributed by atoms with E-state index in [0.717, 1.165) is 6.07 Å². The van der Waals surface area contributed by atoms with Gasteiger partial charge in [-0.3, -0.25) is 0 Å². The van der Waals surface area contributed by atoms with Gasteiger partial charge in [0.05, 0.1) is 10.8 Å². The number of nitrogens with zero attached hydrogens (tertiary/aromatic N) is 1. The fraction of sp³-hybridized carbons (Fsp3) is 0.440. The molecule has 1 heterocycles. The van der Waals surface area contributed by atoms with Crippen LogP contribution in [0.1, 0.15) is 50.8 Å². The Morgan fingerprint density at radius 1 is 1.06 bits per heavy atom. The van der Waals surface area contributed by atoms with Crippen molar-refractivity contribution in [3.8, 4) is 11.1 Å². The first-order chi connectivity index (χ1) is 16.2. The van der Waals surface area contributed by atoms with Crippen molar-refractivity contribution in [2.24, 2.45) is 5.41 Å². The van der Waals surface area contributed by atoms with E-state index < -0.39 is 39.5 Å². The molecule has 4 rings (SSSR count). The van der Waals surface area contributed by atoms with Crippen molar-refractivity contribution in [1.82, 2.24) is 9.29 Å². The second-order valence-corrected chi connectivity index (χ2v) is 12.2. The SMILES string of the molecule is CC(C)(C)Cn1cc([C@H](NS(=O)(=O)C2CC2)C(F)F)c2ccc(-c3ccccc3C(F)(F)F)cc21. The Balaban J connectivity index is 1.88. The zero-order chi connectivity index (χ0) is 25.8. The summed E-state index contributed by atoms with van der Waals surface area (Å²) in [5.41, 5.74) is -0.253. The third-order valence-corrected chi connectivity index (χ3v) is 7.87. The number of sulfonamides is 1. The summed E-state index contributed by atoms with van der Waals surface area (Å²) in [4.78, 5) is 0. The van der Waals surface area contributed by atoms with Gasteiger partial charge in [0.2, 0.25) is 10.0 Å². The van der Waals surface area contributed by atoms with Crippen LogP contribution >= 0.6 is 0 Å². The van der Waals surface area contributed by atoms with Crippen LogP contribution in [0.2, 0.25) is 0 Å². The Labute approximate surface area is 201 Å². The maximum Gasteiger partial charge on any atom is 0.417 e. The number of alkyl halides is 5. The number of aromatic nitrogens is 1. The molecule has 0 radical (unpaired) electrons. The first-order valence-electron chi connectivity index (χ1n) is 11.3. The highest BCUT2D eigenvalue weighted by atomic mass is 32.2. The van der Waals surface area contributed by atoms with Gasteiger partial charge in [-0.05, 0) is 41.5 Å². The molecule has 3 aromatic rings. The normalized spacial score (nSPS) is 16.3. The van der Waals surface area contributed by atoms with Gasteiger partial charge in [0.15, 0.2) is 0 Å². The lowest BCUT2D eigenvalue weighted by molar-refractivity contribution is -0.137. The number of hydrogen-bond donors (Lipinski definition) is 1. The smallest absolute Gasteiger partial charge is 0.347 e.